The van der Waals surface area contributed by atoms with E-state index in [1.807, 2.05) is 6.92 Å². The van der Waals surface area contributed by atoms with Gasteiger partial charge >= 0.3 is 5.97 Å². The molecule has 1 aliphatic heterocycles. The topological polar surface area (TPSA) is 66.8 Å². The second-order valence-electron chi connectivity index (χ2n) is 6.77. The number of nitrogens with zero attached hydrogens (tertiary/aromatic N) is 1. The van der Waals surface area contributed by atoms with Crippen LogP contribution in [0.15, 0.2) is 0 Å². The van der Waals surface area contributed by atoms with Gasteiger partial charge in [-0.25, -0.2) is 0 Å². The van der Waals surface area contributed by atoms with Crippen LogP contribution in [-0.2, 0) is 14.0 Å². The van der Waals surface area contributed by atoms with Crippen molar-refractivity contribution >= 4 is 20.2 Å². The molecule has 0 bridgehead atoms. The number of hydrogen-bond acceptors (Lipinski definition) is 3. The van der Waals surface area contributed by atoms with Crippen LogP contribution in [0.25, 0.3) is 0 Å². The van der Waals surface area contributed by atoms with Gasteiger partial charge in [-0.3, -0.25) is 9.59 Å². The molecule has 1 N–H and O–H groups in total. The Balaban J connectivity index is 2.66. The third-order valence-corrected chi connectivity index (χ3v) is 8.81. The van der Waals surface area contributed by atoms with E-state index >= 15 is 0 Å². The Bertz CT molecular complexity index is 375. The number of likely N-dealkylation sites (tertiary alicyclic amines) is 1. The lowest BCUT2D eigenvalue weighted by molar-refractivity contribution is -0.158. The van der Waals surface area contributed by atoms with E-state index in [9.17, 15) is 9.59 Å². The molecule has 1 heterocycles. The predicted molar refractivity (Wildman–Crippen MR) is 75.5 cm³/mol. The molecule has 0 aromatic heterocycles. The van der Waals surface area contributed by atoms with Crippen molar-refractivity contribution in [2.24, 2.45) is 0 Å². The minimum absolute atomic E-state index is 0.0990. The van der Waals surface area contributed by atoms with Crippen LogP contribution in [0.4, 0.5) is 0 Å². The van der Waals surface area contributed by atoms with Gasteiger partial charge in [0.15, 0.2) is 8.32 Å². The van der Waals surface area contributed by atoms with E-state index in [1.54, 1.807) is 0 Å². The standard InChI is InChI=1S/C13H25NO4Si/c1-9(18-19(5,6)13(2,3)4)10-7-11(15)14(10)8-12(16)17/h9-10H,7-8H2,1-6H3,(H,16,17). The number of rotatable bonds is 5. The Morgan fingerprint density at radius 1 is 1.53 bits per heavy atom. The summed E-state index contributed by atoms with van der Waals surface area (Å²) in [6.45, 7) is 12.5. The lowest BCUT2D eigenvalue weighted by Crippen LogP contribution is -2.61. The van der Waals surface area contributed by atoms with Crippen molar-refractivity contribution in [3.05, 3.63) is 0 Å². The molecule has 2 atom stereocenters. The average molecular weight is 287 g/mol. The van der Waals surface area contributed by atoms with Crippen LogP contribution in [0.2, 0.25) is 18.1 Å². The molecule has 0 aromatic rings. The normalized spacial score (nSPS) is 22.1. The quantitative estimate of drug-likeness (QED) is 0.621. The molecule has 0 saturated carbocycles. The average Bonchev–Trinajstić information content (AvgIpc) is 2.20. The van der Waals surface area contributed by atoms with Crippen LogP contribution in [0, 0.1) is 0 Å². The van der Waals surface area contributed by atoms with Gasteiger partial charge in [-0.2, -0.15) is 0 Å². The summed E-state index contributed by atoms with van der Waals surface area (Å²) in [6, 6.07) is -0.0993. The highest BCUT2D eigenvalue weighted by atomic mass is 28.4. The van der Waals surface area contributed by atoms with Crippen molar-refractivity contribution in [1.29, 1.82) is 0 Å². The molecule has 1 rings (SSSR count). The molecule has 0 radical (unpaired) electrons. The minimum atomic E-state index is -1.89. The Kier molecular flexibility index (Phi) is 4.46. The van der Waals surface area contributed by atoms with E-state index < -0.39 is 14.3 Å². The molecule has 2 unspecified atom stereocenters. The molecule has 1 amide bonds. The zero-order chi connectivity index (χ0) is 15.0. The van der Waals surface area contributed by atoms with Crippen LogP contribution >= 0.6 is 0 Å². The van der Waals surface area contributed by atoms with Crippen LogP contribution < -0.4 is 0 Å². The zero-order valence-electron chi connectivity index (χ0n) is 12.7. The predicted octanol–water partition coefficient (Wildman–Crippen LogP) is 2.08. The smallest absolute Gasteiger partial charge is 0.323 e. The van der Waals surface area contributed by atoms with Gasteiger partial charge in [-0.15, -0.1) is 0 Å². The fourth-order valence-electron chi connectivity index (χ4n) is 1.97. The summed E-state index contributed by atoms with van der Waals surface area (Å²) < 4.78 is 6.22. The number of amides is 1. The second-order valence-corrected chi connectivity index (χ2v) is 11.5. The van der Waals surface area contributed by atoms with Gasteiger partial charge in [-0.05, 0) is 25.1 Å². The van der Waals surface area contributed by atoms with Gasteiger partial charge in [0.1, 0.15) is 6.54 Å². The highest BCUT2D eigenvalue weighted by Gasteiger charge is 2.45. The lowest BCUT2D eigenvalue weighted by atomic mass is 9.97. The third-order valence-electron chi connectivity index (χ3n) is 4.24. The van der Waals surface area contributed by atoms with Gasteiger partial charge in [-0.1, -0.05) is 20.8 Å². The fourth-order valence-corrected chi connectivity index (χ4v) is 3.41. The second kappa shape index (κ2) is 5.24. The Morgan fingerprint density at radius 3 is 2.42 bits per heavy atom. The van der Waals surface area contributed by atoms with Gasteiger partial charge in [0.25, 0.3) is 0 Å². The third kappa shape index (κ3) is 3.57. The van der Waals surface area contributed by atoms with Crippen LogP contribution in [0.3, 0.4) is 0 Å². The zero-order valence-corrected chi connectivity index (χ0v) is 13.7. The summed E-state index contributed by atoms with van der Waals surface area (Å²) in [5, 5.41) is 8.91. The van der Waals surface area contributed by atoms with Crippen molar-refractivity contribution in [2.45, 2.75) is 64.4 Å². The first-order valence-electron chi connectivity index (χ1n) is 6.65. The molecule has 0 spiro atoms. The molecule has 1 saturated heterocycles. The highest BCUT2D eigenvalue weighted by Crippen LogP contribution is 2.38. The molecule has 110 valence electrons. The monoisotopic (exact) mass is 287 g/mol. The number of β-lactam (4-membered cyclic amide) rings is 1. The molecule has 0 aromatic carbocycles. The molecule has 1 fully saturated rings. The van der Waals surface area contributed by atoms with Gasteiger partial charge in [0.05, 0.1) is 12.1 Å². The first-order chi connectivity index (χ1) is 8.45. The van der Waals surface area contributed by atoms with E-state index in [-0.39, 0.29) is 29.6 Å². The van der Waals surface area contributed by atoms with Crippen LogP contribution in [0.1, 0.15) is 34.1 Å². The van der Waals surface area contributed by atoms with Crippen molar-refractivity contribution in [1.82, 2.24) is 4.90 Å². The Hall–Kier alpha value is -0.883. The van der Waals surface area contributed by atoms with Gasteiger partial charge in [0, 0.05) is 6.42 Å². The molecular formula is C13H25NO4Si. The summed E-state index contributed by atoms with van der Waals surface area (Å²) in [6.07, 6.45) is 0.279. The molecule has 1 aliphatic rings. The highest BCUT2D eigenvalue weighted by molar-refractivity contribution is 6.74. The Labute approximate surface area is 116 Å². The molecule has 0 aliphatic carbocycles. The number of carboxylic acids is 1. The number of carboxylic acid groups (broad SMARTS) is 1. The lowest BCUT2D eigenvalue weighted by Gasteiger charge is -2.47. The number of aliphatic carboxylic acids is 1. The van der Waals surface area contributed by atoms with Crippen molar-refractivity contribution in [3.8, 4) is 0 Å². The maximum atomic E-state index is 11.5. The summed E-state index contributed by atoms with van der Waals surface area (Å²) in [7, 11) is -1.89. The van der Waals surface area contributed by atoms with Crippen LogP contribution in [-0.4, -0.2) is 48.9 Å². The van der Waals surface area contributed by atoms with Crippen molar-refractivity contribution < 1.29 is 19.1 Å². The minimum Gasteiger partial charge on any atom is -0.480 e. The Morgan fingerprint density at radius 2 is 2.05 bits per heavy atom. The van der Waals surface area contributed by atoms with E-state index in [0.29, 0.717) is 6.42 Å². The van der Waals surface area contributed by atoms with Crippen molar-refractivity contribution in [3.63, 3.8) is 0 Å². The van der Waals surface area contributed by atoms with E-state index in [2.05, 4.69) is 33.9 Å². The SMILES string of the molecule is CC(O[Si](C)(C)C(C)(C)C)C1CC(=O)N1CC(=O)O. The van der Waals surface area contributed by atoms with Gasteiger partial charge in [0.2, 0.25) is 5.91 Å². The maximum absolute atomic E-state index is 11.5. The van der Waals surface area contributed by atoms with Gasteiger partial charge < -0.3 is 14.4 Å². The molecular weight excluding hydrogens is 262 g/mol. The number of hydrogen-bond donors (Lipinski definition) is 1. The largest absolute Gasteiger partial charge is 0.480 e. The maximum Gasteiger partial charge on any atom is 0.323 e. The molecule has 5 nitrogen and oxygen atoms in total. The fraction of sp³-hybridized carbons (Fsp3) is 0.846. The van der Waals surface area contributed by atoms with Crippen LogP contribution in [0.5, 0.6) is 0 Å². The van der Waals surface area contributed by atoms with E-state index in [1.165, 1.54) is 4.90 Å². The molecule has 19 heavy (non-hydrogen) atoms. The summed E-state index contributed by atoms with van der Waals surface area (Å²) in [5.74, 6) is -1.07. The number of carbonyl (C=O) groups is 2. The number of carbonyl (C=O) groups excluding carboxylic acids is 1. The summed E-state index contributed by atoms with van der Waals surface area (Å²) in [4.78, 5) is 23.6. The van der Waals surface area contributed by atoms with Crippen molar-refractivity contribution in [2.75, 3.05) is 6.54 Å². The van der Waals surface area contributed by atoms with E-state index in [0.717, 1.165) is 0 Å². The first kappa shape index (κ1) is 16.2. The summed E-state index contributed by atoms with van der Waals surface area (Å²) in [5.41, 5.74) is 0. The molecule has 6 heteroatoms. The summed E-state index contributed by atoms with van der Waals surface area (Å²) >= 11 is 0. The first-order valence-corrected chi connectivity index (χ1v) is 9.55. The van der Waals surface area contributed by atoms with E-state index in [4.69, 9.17) is 9.53 Å².